The minimum absolute atomic E-state index is 0.0828. The molecule has 1 aliphatic carbocycles. The minimum Gasteiger partial charge on any atom is -0.484 e. The monoisotopic (exact) mass is 332 g/mol. The van der Waals surface area contributed by atoms with Crippen LogP contribution in [0.3, 0.4) is 0 Å². The Kier molecular flexibility index (Phi) is 3.71. The van der Waals surface area contributed by atoms with Crippen LogP contribution in [0.5, 0.6) is 5.75 Å². The standard InChI is InChI=1S/C17H20N2O5/c1-16(2)17(3,21)15(18-10-4-6-12(20)8-10)13-9-11(19(22)23)5-7-14(13)24-16/h5,7,9,15,21H,4,6,8H2,1-3H3. The normalized spacial score (nSPS) is 30.1. The van der Waals surface area contributed by atoms with Crippen molar-refractivity contribution >= 4 is 17.2 Å². The Labute approximate surface area is 139 Å². The molecule has 1 fully saturated rings. The summed E-state index contributed by atoms with van der Waals surface area (Å²) in [4.78, 5) is 26.7. The second kappa shape index (κ2) is 5.37. The van der Waals surface area contributed by atoms with Gasteiger partial charge in [-0.3, -0.25) is 19.9 Å². The van der Waals surface area contributed by atoms with Crippen LogP contribution in [0.25, 0.3) is 0 Å². The molecule has 0 aromatic heterocycles. The number of fused-ring (bicyclic) bond motifs is 1. The Morgan fingerprint density at radius 2 is 2.04 bits per heavy atom. The first kappa shape index (κ1) is 16.6. The maximum atomic E-state index is 11.5. The predicted molar refractivity (Wildman–Crippen MR) is 87.5 cm³/mol. The highest BCUT2D eigenvalue weighted by Gasteiger charge is 2.53. The molecular weight excluding hydrogens is 312 g/mol. The molecule has 2 aliphatic rings. The first-order valence-electron chi connectivity index (χ1n) is 7.89. The quantitative estimate of drug-likeness (QED) is 0.662. The molecular formula is C17H20N2O5. The van der Waals surface area contributed by atoms with Gasteiger partial charge in [0.2, 0.25) is 0 Å². The van der Waals surface area contributed by atoms with Gasteiger partial charge < -0.3 is 9.84 Å². The molecule has 2 atom stereocenters. The lowest BCUT2D eigenvalue weighted by molar-refractivity contribution is -0.385. The molecule has 0 amide bonds. The summed E-state index contributed by atoms with van der Waals surface area (Å²) in [7, 11) is 0. The van der Waals surface area contributed by atoms with E-state index in [4.69, 9.17) is 4.74 Å². The first-order chi connectivity index (χ1) is 11.1. The summed E-state index contributed by atoms with van der Waals surface area (Å²) in [5.74, 6) is 0.592. The molecule has 1 aromatic rings. The summed E-state index contributed by atoms with van der Waals surface area (Å²) in [5, 5.41) is 22.2. The number of hydrogen-bond donors (Lipinski definition) is 1. The highest BCUT2D eigenvalue weighted by Crippen LogP contribution is 2.49. The Morgan fingerprint density at radius 1 is 1.33 bits per heavy atom. The van der Waals surface area contributed by atoms with Crippen molar-refractivity contribution in [2.75, 3.05) is 0 Å². The molecule has 7 nitrogen and oxygen atoms in total. The van der Waals surface area contributed by atoms with E-state index in [-0.39, 0.29) is 17.9 Å². The number of nitro benzene ring substituents is 1. The van der Waals surface area contributed by atoms with Crippen molar-refractivity contribution in [3.63, 3.8) is 0 Å². The van der Waals surface area contributed by atoms with Gasteiger partial charge in [0.05, 0.1) is 4.92 Å². The van der Waals surface area contributed by atoms with Gasteiger partial charge in [-0.05, 0) is 33.3 Å². The molecule has 1 aromatic carbocycles. The fourth-order valence-corrected chi connectivity index (χ4v) is 3.14. The molecule has 0 radical (unpaired) electrons. The predicted octanol–water partition coefficient (Wildman–Crippen LogP) is 2.75. The van der Waals surface area contributed by atoms with E-state index >= 15 is 0 Å². The fourth-order valence-electron chi connectivity index (χ4n) is 3.14. The second-order valence-electron chi connectivity index (χ2n) is 7.05. The summed E-state index contributed by atoms with van der Waals surface area (Å²) in [6.45, 7) is 5.12. The lowest BCUT2D eigenvalue weighted by Gasteiger charge is -2.48. The van der Waals surface area contributed by atoms with E-state index in [9.17, 15) is 20.0 Å². The summed E-state index contributed by atoms with van der Waals surface area (Å²) < 4.78 is 5.88. The largest absolute Gasteiger partial charge is 0.484 e. The number of hydrogen-bond acceptors (Lipinski definition) is 6. The van der Waals surface area contributed by atoms with Crippen LogP contribution >= 0.6 is 0 Å². The SMILES string of the molecule is CC1(C)Oc2ccc([N+](=O)[O-])cc2C(N=C2CCC(=O)C2)C1(C)O. The number of nitro groups is 1. The van der Waals surface area contributed by atoms with E-state index in [0.717, 1.165) is 5.71 Å². The van der Waals surface area contributed by atoms with Crippen LogP contribution in [0.4, 0.5) is 5.69 Å². The fraction of sp³-hybridized carbons (Fsp3) is 0.529. The number of non-ortho nitro benzene ring substituents is 1. The van der Waals surface area contributed by atoms with Gasteiger partial charge in [-0.2, -0.15) is 0 Å². The number of carbonyl (C=O) groups excluding carboxylic acids is 1. The lowest BCUT2D eigenvalue weighted by atomic mass is 9.75. The maximum Gasteiger partial charge on any atom is 0.270 e. The van der Waals surface area contributed by atoms with E-state index in [1.54, 1.807) is 20.8 Å². The Bertz CT molecular complexity index is 751. The van der Waals surface area contributed by atoms with Crippen molar-refractivity contribution in [3.8, 4) is 5.75 Å². The molecule has 0 saturated heterocycles. The third-order valence-electron chi connectivity index (χ3n) is 5.02. The van der Waals surface area contributed by atoms with Gasteiger partial charge in [0.1, 0.15) is 28.8 Å². The smallest absolute Gasteiger partial charge is 0.270 e. The van der Waals surface area contributed by atoms with E-state index in [1.165, 1.54) is 18.2 Å². The van der Waals surface area contributed by atoms with Crippen LogP contribution < -0.4 is 4.74 Å². The van der Waals surface area contributed by atoms with Gasteiger partial charge in [-0.1, -0.05) is 0 Å². The van der Waals surface area contributed by atoms with Gasteiger partial charge in [0.25, 0.3) is 5.69 Å². The van der Waals surface area contributed by atoms with E-state index in [0.29, 0.717) is 24.2 Å². The lowest BCUT2D eigenvalue weighted by Crippen LogP contribution is -2.57. The van der Waals surface area contributed by atoms with Crippen LogP contribution in [0.1, 0.15) is 51.6 Å². The molecule has 1 N–H and O–H groups in total. The van der Waals surface area contributed by atoms with Gasteiger partial charge in [-0.15, -0.1) is 0 Å². The summed E-state index contributed by atoms with van der Waals surface area (Å²) in [5.41, 5.74) is -1.21. The first-order valence-corrected chi connectivity index (χ1v) is 7.89. The van der Waals surface area contributed by atoms with Gasteiger partial charge in [0.15, 0.2) is 0 Å². The number of nitrogens with zero attached hydrogens (tertiary/aromatic N) is 2. The molecule has 0 bridgehead atoms. The maximum absolute atomic E-state index is 11.5. The molecule has 1 aliphatic heterocycles. The number of ether oxygens (including phenoxy) is 1. The van der Waals surface area contributed by atoms with Gasteiger partial charge in [0, 0.05) is 36.2 Å². The zero-order chi connectivity index (χ0) is 17.7. The summed E-state index contributed by atoms with van der Waals surface area (Å²) in [6.07, 6.45) is 1.30. The zero-order valence-corrected chi connectivity index (χ0v) is 13.9. The summed E-state index contributed by atoms with van der Waals surface area (Å²) in [6, 6.07) is 3.58. The molecule has 0 spiro atoms. The van der Waals surface area contributed by atoms with Gasteiger partial charge in [-0.25, -0.2) is 0 Å². The number of Topliss-reactive ketones (excluding diaryl/α,β-unsaturated/α-hetero) is 1. The van der Waals surface area contributed by atoms with Crippen molar-refractivity contribution in [3.05, 3.63) is 33.9 Å². The van der Waals surface area contributed by atoms with Crippen molar-refractivity contribution in [1.29, 1.82) is 0 Å². The van der Waals surface area contributed by atoms with Crippen molar-refractivity contribution in [2.24, 2.45) is 4.99 Å². The summed E-state index contributed by atoms with van der Waals surface area (Å²) >= 11 is 0. The van der Waals surface area contributed by atoms with Gasteiger partial charge >= 0.3 is 0 Å². The second-order valence-corrected chi connectivity index (χ2v) is 7.05. The molecule has 128 valence electrons. The average Bonchev–Trinajstić information content (AvgIpc) is 2.89. The number of rotatable bonds is 2. The molecule has 1 heterocycles. The number of aliphatic imine (C=N–C) groups is 1. The van der Waals surface area contributed by atoms with Crippen molar-refractivity contribution in [1.82, 2.24) is 0 Å². The highest BCUT2D eigenvalue weighted by atomic mass is 16.6. The highest BCUT2D eigenvalue weighted by molar-refractivity contribution is 6.08. The van der Waals surface area contributed by atoms with E-state index in [2.05, 4.69) is 4.99 Å². The molecule has 24 heavy (non-hydrogen) atoms. The van der Waals surface area contributed by atoms with Crippen LogP contribution in [0.2, 0.25) is 0 Å². The molecule has 2 unspecified atom stereocenters. The van der Waals surface area contributed by atoms with E-state index < -0.39 is 22.2 Å². The zero-order valence-electron chi connectivity index (χ0n) is 13.9. The van der Waals surface area contributed by atoms with Crippen LogP contribution in [-0.2, 0) is 4.79 Å². The van der Waals surface area contributed by atoms with Crippen molar-refractivity contribution < 1.29 is 19.6 Å². The van der Waals surface area contributed by atoms with Crippen molar-refractivity contribution in [2.45, 2.75) is 57.3 Å². The Balaban J connectivity index is 2.14. The van der Waals surface area contributed by atoms with Crippen LogP contribution in [0, 0.1) is 10.1 Å². The Hall–Kier alpha value is -2.28. The number of carbonyl (C=O) groups is 1. The topological polar surface area (TPSA) is 102 Å². The van der Waals surface area contributed by atoms with Crippen LogP contribution in [0.15, 0.2) is 23.2 Å². The van der Waals surface area contributed by atoms with Crippen LogP contribution in [-0.4, -0.2) is 32.7 Å². The number of ketones is 1. The third-order valence-corrected chi connectivity index (χ3v) is 5.02. The number of aliphatic hydroxyl groups is 1. The average molecular weight is 332 g/mol. The Morgan fingerprint density at radius 3 is 2.62 bits per heavy atom. The molecule has 7 heteroatoms. The molecule has 1 saturated carbocycles. The van der Waals surface area contributed by atoms with E-state index in [1.807, 2.05) is 0 Å². The molecule has 3 rings (SSSR count). The number of benzene rings is 1. The minimum atomic E-state index is -1.38. The third kappa shape index (κ3) is 2.58.